The minimum atomic E-state index is -1.50. The van der Waals surface area contributed by atoms with Crippen LogP contribution < -0.4 is 10.9 Å². The Morgan fingerprint density at radius 3 is 2.64 bits per heavy atom. The monoisotopic (exact) mass is 387 g/mol. The number of carbonyl (C=O) groups is 1. The summed E-state index contributed by atoms with van der Waals surface area (Å²) in [4.78, 5) is 26.0. The number of aromatic amines is 1. The number of carboxylic acids is 1. The van der Waals surface area contributed by atoms with Crippen LogP contribution in [0.4, 0.5) is 4.39 Å². The molecule has 0 aliphatic rings. The molecule has 0 amide bonds. The molecule has 0 aliphatic heterocycles. The van der Waals surface area contributed by atoms with Crippen LogP contribution in [0.5, 0.6) is 5.75 Å². The summed E-state index contributed by atoms with van der Waals surface area (Å²) < 4.78 is 16.7. The molecular formula is C20H22FN3O4. The van der Waals surface area contributed by atoms with Gasteiger partial charge in [-0.15, -0.1) is 0 Å². The van der Waals surface area contributed by atoms with Gasteiger partial charge < -0.3 is 25.1 Å². The Labute approximate surface area is 160 Å². The lowest BCUT2D eigenvalue weighted by molar-refractivity contribution is 0.0691. The van der Waals surface area contributed by atoms with E-state index < -0.39 is 22.8 Å². The number of nitrogens with zero attached hydrogens (tertiary/aromatic N) is 1. The number of carboxylic acid groups (broad SMARTS) is 1. The molecule has 28 heavy (non-hydrogen) atoms. The highest BCUT2D eigenvalue weighted by molar-refractivity contribution is 5.93. The number of fused-ring (bicyclic) bond motifs is 1. The largest absolute Gasteiger partial charge is 0.506 e. The number of pyridine rings is 1. The first kappa shape index (κ1) is 19.6. The molecule has 7 nitrogen and oxygen atoms in total. The lowest BCUT2D eigenvalue weighted by atomic mass is 9.99. The van der Waals surface area contributed by atoms with Crippen LogP contribution in [0.15, 0.2) is 23.0 Å². The SMILES string of the molecule is CCNCc1c(F)c2cc(-c3[nH]c(=O)c(C(=O)O)c(O)c3CC)ccc2n1C. The number of H-pyrrole nitrogens is 1. The molecule has 1 aromatic carbocycles. The van der Waals surface area contributed by atoms with Crippen molar-refractivity contribution >= 4 is 16.9 Å². The van der Waals surface area contributed by atoms with Crippen LogP contribution in [0.3, 0.4) is 0 Å². The lowest BCUT2D eigenvalue weighted by Crippen LogP contribution is -2.20. The van der Waals surface area contributed by atoms with Crippen molar-refractivity contribution in [1.29, 1.82) is 0 Å². The first-order valence-electron chi connectivity index (χ1n) is 9.01. The van der Waals surface area contributed by atoms with Crippen LogP contribution in [0.2, 0.25) is 0 Å². The Morgan fingerprint density at radius 1 is 1.32 bits per heavy atom. The minimum Gasteiger partial charge on any atom is -0.506 e. The molecule has 4 N–H and O–H groups in total. The molecule has 0 saturated heterocycles. The molecule has 148 valence electrons. The first-order chi connectivity index (χ1) is 13.3. The summed E-state index contributed by atoms with van der Waals surface area (Å²) >= 11 is 0. The third kappa shape index (κ3) is 3.05. The van der Waals surface area contributed by atoms with Gasteiger partial charge in [-0.1, -0.05) is 19.9 Å². The molecule has 0 fully saturated rings. The van der Waals surface area contributed by atoms with Gasteiger partial charge in [0.1, 0.15) is 5.75 Å². The Kier molecular flexibility index (Phi) is 5.24. The second-order valence-corrected chi connectivity index (χ2v) is 6.52. The molecule has 3 aromatic rings. The number of nitrogens with one attached hydrogen (secondary N) is 2. The van der Waals surface area contributed by atoms with Gasteiger partial charge in [0.15, 0.2) is 11.4 Å². The fraction of sp³-hybridized carbons (Fsp3) is 0.300. The highest BCUT2D eigenvalue weighted by atomic mass is 19.1. The number of hydrogen-bond donors (Lipinski definition) is 4. The number of aryl methyl sites for hydroxylation is 1. The van der Waals surface area contributed by atoms with Gasteiger partial charge in [-0.2, -0.15) is 0 Å². The molecule has 0 saturated carbocycles. The Bertz CT molecular complexity index is 1130. The van der Waals surface area contributed by atoms with E-state index in [9.17, 15) is 24.2 Å². The summed E-state index contributed by atoms with van der Waals surface area (Å²) in [5.74, 6) is -2.42. The molecule has 0 radical (unpaired) electrons. The molecule has 8 heteroatoms. The van der Waals surface area contributed by atoms with Gasteiger partial charge in [0, 0.05) is 24.5 Å². The zero-order chi connectivity index (χ0) is 20.6. The maximum Gasteiger partial charge on any atom is 0.345 e. The second kappa shape index (κ2) is 7.47. The average Bonchev–Trinajstić information content (AvgIpc) is 2.89. The lowest BCUT2D eigenvalue weighted by Gasteiger charge is -2.12. The van der Waals surface area contributed by atoms with E-state index >= 15 is 0 Å². The summed E-state index contributed by atoms with van der Waals surface area (Å²) in [6, 6.07) is 5.05. The molecule has 0 bridgehead atoms. The second-order valence-electron chi connectivity index (χ2n) is 6.52. The number of aromatic hydroxyl groups is 1. The van der Waals surface area contributed by atoms with Crippen LogP contribution in [0.25, 0.3) is 22.2 Å². The molecular weight excluding hydrogens is 365 g/mol. The molecule has 0 spiro atoms. The minimum absolute atomic E-state index is 0.286. The zero-order valence-electron chi connectivity index (χ0n) is 15.9. The highest BCUT2D eigenvalue weighted by Gasteiger charge is 2.23. The Balaban J connectivity index is 2.24. The standard InChI is InChI=1S/C20H22FN3O4/c1-4-11-17(23-19(26)15(18(11)25)20(27)28)10-6-7-13-12(8-10)16(21)14(24(13)3)9-22-5-2/h6-8,22H,4-5,9H2,1-3H3,(H,27,28)(H2,23,25,26). The van der Waals surface area contributed by atoms with E-state index in [0.29, 0.717) is 47.2 Å². The zero-order valence-corrected chi connectivity index (χ0v) is 15.9. The molecule has 0 unspecified atom stereocenters. The number of rotatable bonds is 6. The van der Waals surface area contributed by atoms with Gasteiger partial charge in [0.05, 0.1) is 16.9 Å². The number of halogens is 1. The predicted molar refractivity (Wildman–Crippen MR) is 104 cm³/mol. The van der Waals surface area contributed by atoms with Crippen molar-refractivity contribution in [1.82, 2.24) is 14.9 Å². The molecule has 2 aromatic heterocycles. The van der Waals surface area contributed by atoms with Crippen LogP contribution >= 0.6 is 0 Å². The Hall–Kier alpha value is -3.13. The predicted octanol–water partition coefficient (Wildman–Crippen LogP) is 2.75. The van der Waals surface area contributed by atoms with E-state index in [0.717, 1.165) is 0 Å². The van der Waals surface area contributed by atoms with Crippen LogP contribution in [-0.4, -0.2) is 32.3 Å². The van der Waals surface area contributed by atoms with E-state index in [-0.39, 0.29) is 11.5 Å². The smallest absolute Gasteiger partial charge is 0.345 e. The number of aromatic nitrogens is 2. The van der Waals surface area contributed by atoms with Crippen LogP contribution in [-0.2, 0) is 20.0 Å². The van der Waals surface area contributed by atoms with E-state index in [2.05, 4.69) is 10.3 Å². The van der Waals surface area contributed by atoms with Crippen molar-refractivity contribution < 1.29 is 19.4 Å². The first-order valence-corrected chi connectivity index (χ1v) is 9.01. The van der Waals surface area contributed by atoms with E-state index in [4.69, 9.17) is 0 Å². The van der Waals surface area contributed by atoms with Gasteiger partial charge in [0.2, 0.25) is 0 Å². The van der Waals surface area contributed by atoms with Gasteiger partial charge in [0.25, 0.3) is 5.56 Å². The summed E-state index contributed by atoms with van der Waals surface area (Å²) in [5.41, 5.74) is 0.685. The van der Waals surface area contributed by atoms with Crippen molar-refractivity contribution in [3.05, 3.63) is 51.2 Å². The van der Waals surface area contributed by atoms with Crippen molar-refractivity contribution in [3.8, 4) is 17.0 Å². The quantitative estimate of drug-likeness (QED) is 0.520. The van der Waals surface area contributed by atoms with Gasteiger partial charge >= 0.3 is 5.97 Å². The maximum atomic E-state index is 15.0. The normalized spacial score (nSPS) is 11.3. The van der Waals surface area contributed by atoms with Crippen molar-refractivity contribution in [3.63, 3.8) is 0 Å². The number of benzene rings is 1. The Morgan fingerprint density at radius 2 is 2.04 bits per heavy atom. The van der Waals surface area contributed by atoms with Crippen molar-refractivity contribution in [2.75, 3.05) is 6.54 Å². The van der Waals surface area contributed by atoms with E-state index in [1.54, 1.807) is 36.7 Å². The topological polar surface area (TPSA) is 107 Å². The molecule has 3 rings (SSSR count). The average molecular weight is 387 g/mol. The third-order valence-corrected chi connectivity index (χ3v) is 4.94. The van der Waals surface area contributed by atoms with E-state index in [1.165, 1.54) is 0 Å². The summed E-state index contributed by atoms with van der Waals surface area (Å²) in [6.07, 6.45) is 0.291. The maximum absolute atomic E-state index is 15.0. The van der Waals surface area contributed by atoms with Crippen LogP contribution in [0.1, 0.15) is 35.5 Å². The summed E-state index contributed by atoms with van der Waals surface area (Å²) in [5, 5.41) is 23.0. The molecule has 2 heterocycles. The van der Waals surface area contributed by atoms with Gasteiger partial charge in [-0.05, 0) is 30.7 Å². The van der Waals surface area contributed by atoms with Gasteiger partial charge in [-0.3, -0.25) is 4.79 Å². The fourth-order valence-electron chi connectivity index (χ4n) is 3.46. The summed E-state index contributed by atoms with van der Waals surface area (Å²) in [6.45, 7) is 4.77. The highest BCUT2D eigenvalue weighted by Crippen LogP contribution is 2.33. The number of aromatic carboxylic acids is 1. The summed E-state index contributed by atoms with van der Waals surface area (Å²) in [7, 11) is 1.78. The van der Waals surface area contributed by atoms with Crippen molar-refractivity contribution in [2.45, 2.75) is 26.8 Å². The van der Waals surface area contributed by atoms with E-state index in [1.807, 2.05) is 6.92 Å². The fourth-order valence-corrected chi connectivity index (χ4v) is 3.46. The third-order valence-electron chi connectivity index (χ3n) is 4.94. The van der Waals surface area contributed by atoms with Gasteiger partial charge in [-0.25, -0.2) is 9.18 Å². The van der Waals surface area contributed by atoms with Crippen LogP contribution in [0, 0.1) is 5.82 Å². The molecule has 0 aliphatic carbocycles. The number of hydrogen-bond acceptors (Lipinski definition) is 4. The molecule has 0 atom stereocenters. The van der Waals surface area contributed by atoms with Crippen molar-refractivity contribution in [2.24, 2.45) is 7.05 Å².